The topological polar surface area (TPSA) is 78.9 Å². The van der Waals surface area contributed by atoms with Crippen molar-refractivity contribution in [1.29, 1.82) is 0 Å². The summed E-state index contributed by atoms with van der Waals surface area (Å²) in [6, 6.07) is 0. The van der Waals surface area contributed by atoms with Crippen molar-refractivity contribution in [2.75, 3.05) is 6.61 Å². The highest BCUT2D eigenvalue weighted by molar-refractivity contribution is 5.83. The average molecular weight is 352 g/mol. The van der Waals surface area contributed by atoms with Crippen LogP contribution in [0.3, 0.4) is 0 Å². The predicted octanol–water partition coefficient (Wildman–Crippen LogP) is 2.49. The van der Waals surface area contributed by atoms with Gasteiger partial charge in [0.15, 0.2) is 6.61 Å². The molecule has 0 amide bonds. The van der Waals surface area contributed by atoms with Crippen LogP contribution >= 0.6 is 0 Å². The van der Waals surface area contributed by atoms with Crippen LogP contribution in [0.25, 0.3) is 0 Å². The summed E-state index contributed by atoms with van der Waals surface area (Å²) in [4.78, 5) is 36.6. The van der Waals surface area contributed by atoms with Gasteiger partial charge in [-0.05, 0) is 39.5 Å². The van der Waals surface area contributed by atoms with Crippen molar-refractivity contribution in [3.8, 4) is 0 Å². The molecule has 6 atom stereocenters. The number of carbonyl (C=O) groups excluding carboxylic acids is 3. The Bertz CT molecular complexity index is 625. The highest BCUT2D eigenvalue weighted by Crippen LogP contribution is 2.72. The SMILES string of the molecule is CCC(C)(C)C(=O)OCC(=O)OC1C2CC3(C)C1OC(=O)C3(C)C2C. The smallest absolute Gasteiger partial charge is 0.344 e. The molecule has 2 bridgehead atoms. The number of carbonyl (C=O) groups is 3. The molecule has 1 heterocycles. The minimum atomic E-state index is -0.627. The minimum Gasteiger partial charge on any atom is -0.457 e. The van der Waals surface area contributed by atoms with Gasteiger partial charge in [0.25, 0.3) is 0 Å². The third-order valence-corrected chi connectivity index (χ3v) is 7.43. The standard InChI is InChI=1S/C19H28O6/c1-7-17(3,4)15(21)23-9-12(20)24-13-11-8-18(5)14(13)25-16(22)19(18,6)10(11)2/h10-11,13-14H,7-9H2,1-6H3. The summed E-state index contributed by atoms with van der Waals surface area (Å²) in [6.45, 7) is 11.1. The van der Waals surface area contributed by atoms with Crippen LogP contribution in [0.5, 0.6) is 0 Å². The molecule has 25 heavy (non-hydrogen) atoms. The van der Waals surface area contributed by atoms with Gasteiger partial charge in [0, 0.05) is 11.3 Å². The van der Waals surface area contributed by atoms with Gasteiger partial charge in [0.05, 0.1) is 10.8 Å². The molecule has 1 saturated heterocycles. The van der Waals surface area contributed by atoms with Crippen molar-refractivity contribution < 1.29 is 28.6 Å². The Hall–Kier alpha value is -1.59. The molecule has 0 aromatic rings. The number of rotatable bonds is 5. The number of ether oxygens (including phenoxy) is 3. The zero-order chi connectivity index (χ0) is 18.8. The van der Waals surface area contributed by atoms with Gasteiger partial charge >= 0.3 is 17.9 Å². The van der Waals surface area contributed by atoms with E-state index in [-0.39, 0.29) is 23.2 Å². The Morgan fingerprint density at radius 1 is 1.32 bits per heavy atom. The lowest BCUT2D eigenvalue weighted by atomic mass is 9.61. The molecule has 0 radical (unpaired) electrons. The van der Waals surface area contributed by atoms with Crippen molar-refractivity contribution in [2.45, 2.75) is 66.6 Å². The van der Waals surface area contributed by atoms with Gasteiger partial charge in [-0.25, -0.2) is 4.79 Å². The second-order valence-corrected chi connectivity index (χ2v) is 8.87. The van der Waals surface area contributed by atoms with Gasteiger partial charge in [-0.1, -0.05) is 20.8 Å². The van der Waals surface area contributed by atoms with E-state index in [1.54, 1.807) is 13.8 Å². The molecule has 0 spiro atoms. The molecule has 2 saturated carbocycles. The highest BCUT2D eigenvalue weighted by atomic mass is 16.6. The molecule has 0 N–H and O–H groups in total. The summed E-state index contributed by atoms with van der Waals surface area (Å²) in [5, 5.41) is 0. The van der Waals surface area contributed by atoms with E-state index in [0.717, 1.165) is 6.42 Å². The molecule has 140 valence electrons. The monoisotopic (exact) mass is 352 g/mol. The first kappa shape index (κ1) is 18.2. The molecule has 0 aromatic carbocycles. The Labute approximate surface area is 148 Å². The Morgan fingerprint density at radius 2 is 1.96 bits per heavy atom. The fourth-order valence-corrected chi connectivity index (χ4v) is 4.88. The lowest BCUT2D eigenvalue weighted by Gasteiger charge is -2.40. The van der Waals surface area contributed by atoms with Gasteiger partial charge in [-0.3, -0.25) is 9.59 Å². The first-order chi connectivity index (χ1) is 11.5. The van der Waals surface area contributed by atoms with Crippen LogP contribution in [0.4, 0.5) is 0 Å². The molecule has 3 rings (SSSR count). The lowest BCUT2D eigenvalue weighted by Crippen LogP contribution is -2.49. The Kier molecular flexibility index (Phi) is 3.97. The van der Waals surface area contributed by atoms with E-state index >= 15 is 0 Å². The number of fused-ring (bicyclic) bond motifs is 1. The minimum absolute atomic E-state index is 0.0862. The van der Waals surface area contributed by atoms with Crippen LogP contribution in [0, 0.1) is 28.1 Å². The quantitative estimate of drug-likeness (QED) is 0.559. The molecular weight excluding hydrogens is 324 g/mol. The van der Waals surface area contributed by atoms with E-state index in [9.17, 15) is 14.4 Å². The summed E-state index contributed by atoms with van der Waals surface area (Å²) < 4.78 is 16.3. The van der Waals surface area contributed by atoms with Crippen LogP contribution in [0.2, 0.25) is 0 Å². The van der Waals surface area contributed by atoms with Gasteiger partial charge < -0.3 is 14.2 Å². The van der Waals surface area contributed by atoms with Crippen LogP contribution in [-0.4, -0.2) is 36.7 Å². The number of hydrogen-bond donors (Lipinski definition) is 0. The van der Waals surface area contributed by atoms with Gasteiger partial charge in [0.2, 0.25) is 0 Å². The van der Waals surface area contributed by atoms with E-state index in [1.165, 1.54) is 0 Å². The van der Waals surface area contributed by atoms with E-state index in [2.05, 4.69) is 6.92 Å². The molecule has 6 nitrogen and oxygen atoms in total. The molecule has 1 aliphatic heterocycles. The molecule has 2 aliphatic carbocycles. The van der Waals surface area contributed by atoms with Crippen molar-refractivity contribution in [2.24, 2.45) is 28.1 Å². The van der Waals surface area contributed by atoms with Gasteiger partial charge in [-0.15, -0.1) is 0 Å². The van der Waals surface area contributed by atoms with E-state index in [0.29, 0.717) is 6.42 Å². The average Bonchev–Trinajstić information content (AvgIpc) is 3.00. The van der Waals surface area contributed by atoms with E-state index in [1.807, 2.05) is 20.8 Å². The van der Waals surface area contributed by atoms with Crippen molar-refractivity contribution in [3.05, 3.63) is 0 Å². The molecule has 6 heteroatoms. The summed E-state index contributed by atoms with van der Waals surface area (Å²) >= 11 is 0. The maximum atomic E-state index is 12.4. The van der Waals surface area contributed by atoms with Crippen molar-refractivity contribution in [3.63, 3.8) is 0 Å². The molecule has 6 unspecified atom stereocenters. The van der Waals surface area contributed by atoms with Gasteiger partial charge in [-0.2, -0.15) is 0 Å². The summed E-state index contributed by atoms with van der Waals surface area (Å²) in [5.41, 5.74) is -1.44. The van der Waals surface area contributed by atoms with Crippen molar-refractivity contribution in [1.82, 2.24) is 0 Å². The zero-order valence-corrected chi connectivity index (χ0v) is 15.9. The van der Waals surface area contributed by atoms with Crippen LogP contribution in [0.1, 0.15) is 54.4 Å². The normalized spacial score (nSPS) is 41.6. The molecular formula is C19H28O6. The Morgan fingerprint density at radius 3 is 2.56 bits per heavy atom. The third-order valence-electron chi connectivity index (χ3n) is 7.43. The molecule has 3 aliphatic rings. The third kappa shape index (κ3) is 2.25. The van der Waals surface area contributed by atoms with Crippen LogP contribution < -0.4 is 0 Å². The van der Waals surface area contributed by atoms with Crippen LogP contribution in [0.15, 0.2) is 0 Å². The highest BCUT2D eigenvalue weighted by Gasteiger charge is 2.79. The maximum Gasteiger partial charge on any atom is 0.344 e. The first-order valence-electron chi connectivity index (χ1n) is 9.07. The molecule has 3 fully saturated rings. The second kappa shape index (κ2) is 5.45. The number of hydrogen-bond acceptors (Lipinski definition) is 6. The first-order valence-corrected chi connectivity index (χ1v) is 9.07. The zero-order valence-electron chi connectivity index (χ0n) is 15.9. The predicted molar refractivity (Wildman–Crippen MR) is 88.3 cm³/mol. The largest absolute Gasteiger partial charge is 0.457 e. The number of esters is 3. The maximum absolute atomic E-state index is 12.4. The second-order valence-electron chi connectivity index (χ2n) is 8.87. The van der Waals surface area contributed by atoms with Crippen LogP contribution in [-0.2, 0) is 28.6 Å². The summed E-state index contributed by atoms with van der Waals surface area (Å²) in [6.07, 6.45) is 0.572. The molecule has 0 aromatic heterocycles. The fraction of sp³-hybridized carbons (Fsp3) is 0.842. The summed E-state index contributed by atoms with van der Waals surface area (Å²) in [7, 11) is 0. The van der Waals surface area contributed by atoms with E-state index in [4.69, 9.17) is 14.2 Å². The van der Waals surface area contributed by atoms with Crippen molar-refractivity contribution >= 4 is 17.9 Å². The Balaban J connectivity index is 1.65. The summed E-state index contributed by atoms with van der Waals surface area (Å²) in [5.74, 6) is -1.01. The van der Waals surface area contributed by atoms with E-state index < -0.39 is 41.6 Å². The fourth-order valence-electron chi connectivity index (χ4n) is 4.88. The lowest BCUT2D eigenvalue weighted by molar-refractivity contribution is -0.174. The van der Waals surface area contributed by atoms with Gasteiger partial charge in [0.1, 0.15) is 12.2 Å².